The normalized spacial score (nSPS) is 15.7. The zero-order chi connectivity index (χ0) is 19.8. The maximum Gasteiger partial charge on any atom is 0.161 e. The van der Waals surface area contributed by atoms with E-state index in [1.807, 2.05) is 24.3 Å². The average molecular weight is 423 g/mol. The molecule has 0 aliphatic heterocycles. The summed E-state index contributed by atoms with van der Waals surface area (Å²) in [4.78, 5) is 0. The molecule has 0 amide bonds. The third-order valence-electron chi connectivity index (χ3n) is 5.50. The van der Waals surface area contributed by atoms with Gasteiger partial charge in [-0.15, -0.1) is 0 Å². The summed E-state index contributed by atoms with van der Waals surface area (Å²) < 4.78 is 11.5. The van der Waals surface area contributed by atoms with Crippen molar-refractivity contribution in [1.82, 2.24) is 0 Å². The van der Waals surface area contributed by atoms with Crippen molar-refractivity contribution in [3.63, 3.8) is 0 Å². The Labute approximate surface area is 178 Å². The van der Waals surface area contributed by atoms with E-state index in [2.05, 4.69) is 17.4 Å². The summed E-state index contributed by atoms with van der Waals surface area (Å²) in [6, 6.07) is 12.4. The minimum Gasteiger partial charge on any atom is -0.493 e. The van der Waals surface area contributed by atoms with E-state index in [-0.39, 0.29) is 0 Å². The molecule has 0 heterocycles. The van der Waals surface area contributed by atoms with Gasteiger partial charge in [-0.2, -0.15) is 0 Å². The van der Waals surface area contributed by atoms with Gasteiger partial charge in [-0.3, -0.25) is 0 Å². The summed E-state index contributed by atoms with van der Waals surface area (Å²) in [6.07, 6.45) is 9.57. The van der Waals surface area contributed by atoms with Crippen LogP contribution in [0.25, 0.3) is 0 Å². The molecule has 1 saturated carbocycles. The summed E-state index contributed by atoms with van der Waals surface area (Å²) in [6.45, 7) is 1.28. The second kappa shape index (κ2) is 10.9. The van der Waals surface area contributed by atoms with Gasteiger partial charge in [-0.25, -0.2) is 0 Å². The molecule has 1 aliphatic carbocycles. The second-order valence-corrected chi connectivity index (χ2v) is 8.33. The first-order chi connectivity index (χ1) is 13.7. The van der Waals surface area contributed by atoms with Gasteiger partial charge in [0.2, 0.25) is 0 Å². The molecule has 2 aromatic carbocycles. The molecule has 1 fully saturated rings. The van der Waals surface area contributed by atoms with Crippen LogP contribution in [0.1, 0.15) is 56.1 Å². The Balaban J connectivity index is 1.60. The van der Waals surface area contributed by atoms with Crippen LogP contribution in [-0.2, 0) is 13.2 Å². The van der Waals surface area contributed by atoms with Crippen molar-refractivity contribution in [2.75, 3.05) is 7.11 Å². The van der Waals surface area contributed by atoms with Crippen LogP contribution in [0.15, 0.2) is 36.4 Å². The topological polar surface area (TPSA) is 35.1 Å². The number of halogens is 2. The molecule has 0 atom stereocenters. The number of nitrogens with two attached hydrogens (primary N) is 1. The van der Waals surface area contributed by atoms with Crippen LogP contribution in [-0.4, -0.2) is 13.2 Å². The SMILES string of the molecule is COc1cc(C[NH2+]C2CCCCCCC2)ccc1OCc1c(Cl)cccc1Cl. The summed E-state index contributed by atoms with van der Waals surface area (Å²) in [5.41, 5.74) is 2.04. The van der Waals surface area contributed by atoms with Crippen molar-refractivity contribution in [1.29, 1.82) is 0 Å². The van der Waals surface area contributed by atoms with Crippen LogP contribution in [0, 0.1) is 0 Å². The van der Waals surface area contributed by atoms with Gasteiger partial charge in [0.05, 0.1) is 13.2 Å². The molecule has 3 rings (SSSR count). The highest BCUT2D eigenvalue weighted by molar-refractivity contribution is 6.35. The van der Waals surface area contributed by atoms with E-state index in [0.29, 0.717) is 22.4 Å². The number of rotatable bonds is 7. The van der Waals surface area contributed by atoms with Crippen LogP contribution in [0.5, 0.6) is 11.5 Å². The maximum atomic E-state index is 6.23. The van der Waals surface area contributed by atoms with Gasteiger partial charge in [0.25, 0.3) is 0 Å². The first-order valence-corrected chi connectivity index (χ1v) is 11.0. The molecular weight excluding hydrogens is 393 g/mol. The molecule has 0 radical (unpaired) electrons. The predicted molar refractivity (Wildman–Crippen MR) is 116 cm³/mol. The third-order valence-corrected chi connectivity index (χ3v) is 6.21. The molecule has 0 saturated heterocycles. The van der Waals surface area contributed by atoms with E-state index >= 15 is 0 Å². The fraction of sp³-hybridized carbons (Fsp3) is 0.478. The monoisotopic (exact) mass is 422 g/mol. The van der Waals surface area contributed by atoms with E-state index in [0.717, 1.165) is 23.9 Å². The molecule has 0 spiro atoms. The van der Waals surface area contributed by atoms with Crippen molar-refractivity contribution in [3.8, 4) is 11.5 Å². The number of methoxy groups -OCH3 is 1. The van der Waals surface area contributed by atoms with E-state index in [1.165, 1.54) is 50.5 Å². The largest absolute Gasteiger partial charge is 0.493 e. The Kier molecular flexibility index (Phi) is 8.32. The van der Waals surface area contributed by atoms with E-state index < -0.39 is 0 Å². The molecule has 0 bridgehead atoms. The number of ether oxygens (including phenoxy) is 2. The summed E-state index contributed by atoms with van der Waals surface area (Å²) in [7, 11) is 1.67. The van der Waals surface area contributed by atoms with Crippen LogP contribution < -0.4 is 14.8 Å². The van der Waals surface area contributed by atoms with Crippen molar-refractivity contribution < 1.29 is 14.8 Å². The second-order valence-electron chi connectivity index (χ2n) is 7.52. The minimum atomic E-state index is 0.308. The Morgan fingerprint density at radius 1 is 0.929 bits per heavy atom. The fourth-order valence-corrected chi connectivity index (χ4v) is 4.31. The number of hydrogen-bond donors (Lipinski definition) is 1. The minimum absolute atomic E-state index is 0.308. The van der Waals surface area contributed by atoms with Crippen LogP contribution in [0.4, 0.5) is 0 Å². The molecule has 28 heavy (non-hydrogen) atoms. The first-order valence-electron chi connectivity index (χ1n) is 10.2. The maximum absolute atomic E-state index is 6.23. The first kappa shape index (κ1) is 21.3. The molecule has 0 unspecified atom stereocenters. The fourth-order valence-electron chi connectivity index (χ4n) is 3.80. The van der Waals surface area contributed by atoms with Gasteiger partial charge >= 0.3 is 0 Å². The molecule has 1 aliphatic rings. The zero-order valence-electron chi connectivity index (χ0n) is 16.6. The van der Waals surface area contributed by atoms with Gasteiger partial charge in [-0.05, 0) is 56.0 Å². The number of quaternary nitrogens is 1. The van der Waals surface area contributed by atoms with Crippen molar-refractivity contribution in [2.45, 2.75) is 64.1 Å². The molecule has 5 heteroatoms. The number of benzene rings is 2. The van der Waals surface area contributed by atoms with Gasteiger partial charge < -0.3 is 14.8 Å². The Morgan fingerprint density at radius 3 is 2.29 bits per heavy atom. The third kappa shape index (κ3) is 6.04. The lowest BCUT2D eigenvalue weighted by Crippen LogP contribution is -2.88. The predicted octanol–water partition coefficient (Wildman–Crippen LogP) is 5.76. The molecule has 2 aromatic rings. The molecule has 152 valence electrons. The highest BCUT2D eigenvalue weighted by atomic mass is 35.5. The Bertz CT molecular complexity index is 738. The summed E-state index contributed by atoms with van der Waals surface area (Å²) in [5.74, 6) is 1.44. The van der Waals surface area contributed by atoms with E-state index in [1.54, 1.807) is 7.11 Å². The van der Waals surface area contributed by atoms with Crippen molar-refractivity contribution in [3.05, 3.63) is 57.6 Å². The van der Waals surface area contributed by atoms with Gasteiger partial charge in [-0.1, -0.05) is 48.5 Å². The highest BCUT2D eigenvalue weighted by Crippen LogP contribution is 2.31. The quantitative estimate of drug-likeness (QED) is 0.615. The lowest BCUT2D eigenvalue weighted by molar-refractivity contribution is -0.706. The Morgan fingerprint density at radius 2 is 1.61 bits per heavy atom. The van der Waals surface area contributed by atoms with E-state index in [9.17, 15) is 0 Å². The van der Waals surface area contributed by atoms with Gasteiger partial charge in [0.1, 0.15) is 13.2 Å². The summed E-state index contributed by atoms with van der Waals surface area (Å²) >= 11 is 12.5. The number of hydrogen-bond acceptors (Lipinski definition) is 2. The molecular formula is C23H30Cl2NO2+. The van der Waals surface area contributed by atoms with Crippen LogP contribution >= 0.6 is 23.2 Å². The lowest BCUT2D eigenvalue weighted by Gasteiger charge is -2.18. The highest BCUT2D eigenvalue weighted by Gasteiger charge is 2.15. The van der Waals surface area contributed by atoms with Crippen molar-refractivity contribution >= 4 is 23.2 Å². The Hall–Kier alpha value is -1.42. The van der Waals surface area contributed by atoms with Crippen molar-refractivity contribution in [2.24, 2.45) is 0 Å². The van der Waals surface area contributed by atoms with Gasteiger partial charge in [0.15, 0.2) is 11.5 Å². The van der Waals surface area contributed by atoms with E-state index in [4.69, 9.17) is 32.7 Å². The zero-order valence-corrected chi connectivity index (χ0v) is 18.1. The van der Waals surface area contributed by atoms with Gasteiger partial charge in [0, 0.05) is 21.2 Å². The lowest BCUT2D eigenvalue weighted by atomic mass is 9.96. The van der Waals surface area contributed by atoms with Crippen LogP contribution in [0.2, 0.25) is 10.0 Å². The molecule has 0 aromatic heterocycles. The van der Waals surface area contributed by atoms with Crippen LogP contribution in [0.3, 0.4) is 0 Å². The average Bonchev–Trinajstić information content (AvgIpc) is 2.67. The molecule has 2 N–H and O–H groups in total. The summed E-state index contributed by atoms with van der Waals surface area (Å²) in [5, 5.41) is 3.71. The standard InChI is InChI=1S/C23H29Cl2NO2/c1-27-23-14-17(15-26-18-8-5-3-2-4-6-9-18)12-13-22(23)28-16-19-20(24)10-7-11-21(19)25/h7,10-14,18,26H,2-6,8-9,15-16H2,1H3/p+1. The molecule has 3 nitrogen and oxygen atoms in total. The smallest absolute Gasteiger partial charge is 0.161 e.